The first-order valence-electron chi connectivity index (χ1n) is 6.01. The van der Waals surface area contributed by atoms with Gasteiger partial charge >= 0.3 is 6.03 Å². The molecule has 0 aliphatic carbocycles. The summed E-state index contributed by atoms with van der Waals surface area (Å²) in [6.45, 7) is 3.86. The maximum atomic E-state index is 12.7. The van der Waals surface area contributed by atoms with Crippen molar-refractivity contribution in [2.24, 2.45) is 11.7 Å². The number of urea groups is 1. The van der Waals surface area contributed by atoms with E-state index in [-0.39, 0.29) is 17.6 Å². The minimum absolute atomic E-state index is 0.218. The smallest absolute Gasteiger partial charge is 0.312 e. The molecule has 104 valence electrons. The number of hydrogen-bond acceptors (Lipinski definition) is 2. The maximum absolute atomic E-state index is 12.7. The fourth-order valence-corrected chi connectivity index (χ4v) is 1.64. The van der Waals surface area contributed by atoms with Crippen molar-refractivity contribution in [1.82, 2.24) is 5.32 Å². The minimum Gasteiger partial charge on any atom is -0.352 e. The second kappa shape index (κ2) is 6.72. The van der Waals surface area contributed by atoms with E-state index in [4.69, 9.17) is 5.73 Å². The first-order valence-corrected chi connectivity index (χ1v) is 6.01. The van der Waals surface area contributed by atoms with Crippen molar-refractivity contribution in [2.75, 3.05) is 5.32 Å². The molecule has 0 aliphatic rings. The number of primary amides is 1. The highest BCUT2D eigenvalue weighted by molar-refractivity contribution is 5.96. The zero-order chi connectivity index (χ0) is 14.4. The van der Waals surface area contributed by atoms with E-state index in [1.807, 2.05) is 13.8 Å². The van der Waals surface area contributed by atoms with Crippen LogP contribution in [0.25, 0.3) is 0 Å². The van der Waals surface area contributed by atoms with Gasteiger partial charge < -0.3 is 16.4 Å². The van der Waals surface area contributed by atoms with Crippen LogP contribution in [0.15, 0.2) is 24.3 Å². The number of nitrogens with one attached hydrogen (secondary N) is 2. The largest absolute Gasteiger partial charge is 0.352 e. The van der Waals surface area contributed by atoms with Gasteiger partial charge in [0, 0.05) is 5.69 Å². The quantitative estimate of drug-likeness (QED) is 0.760. The lowest BCUT2D eigenvalue weighted by molar-refractivity contribution is -0.118. The molecule has 19 heavy (non-hydrogen) atoms. The van der Waals surface area contributed by atoms with Crippen molar-refractivity contribution in [2.45, 2.75) is 26.3 Å². The van der Waals surface area contributed by atoms with Crippen LogP contribution < -0.4 is 16.4 Å². The zero-order valence-electron chi connectivity index (χ0n) is 10.9. The highest BCUT2D eigenvalue weighted by atomic mass is 19.1. The Morgan fingerprint density at radius 2 is 1.84 bits per heavy atom. The van der Waals surface area contributed by atoms with Crippen molar-refractivity contribution in [3.05, 3.63) is 30.1 Å². The number of carbonyl (C=O) groups is 2. The van der Waals surface area contributed by atoms with Crippen LogP contribution in [0.4, 0.5) is 14.9 Å². The molecule has 3 amide bonds. The molecule has 0 saturated carbocycles. The van der Waals surface area contributed by atoms with E-state index >= 15 is 0 Å². The summed E-state index contributed by atoms with van der Waals surface area (Å²) in [6, 6.07) is 3.93. The Morgan fingerprint density at radius 1 is 1.26 bits per heavy atom. The molecular formula is C13H18FN3O2. The van der Waals surface area contributed by atoms with E-state index in [0.29, 0.717) is 12.1 Å². The Hall–Kier alpha value is -2.11. The van der Waals surface area contributed by atoms with Crippen molar-refractivity contribution in [3.8, 4) is 0 Å². The fraction of sp³-hybridized carbons (Fsp3) is 0.385. The SMILES string of the molecule is CC(C)CC(NC(N)=O)C(=O)Nc1ccc(F)cc1. The molecule has 0 spiro atoms. The topological polar surface area (TPSA) is 84.2 Å². The number of halogens is 1. The minimum atomic E-state index is -0.750. The van der Waals surface area contributed by atoms with E-state index in [1.54, 1.807) is 0 Å². The van der Waals surface area contributed by atoms with Gasteiger partial charge in [-0.1, -0.05) is 13.8 Å². The van der Waals surface area contributed by atoms with Crippen molar-refractivity contribution in [1.29, 1.82) is 0 Å². The van der Waals surface area contributed by atoms with Crippen LogP contribution in [0.2, 0.25) is 0 Å². The van der Waals surface area contributed by atoms with Gasteiger partial charge in [-0.15, -0.1) is 0 Å². The molecule has 0 radical (unpaired) electrons. The first kappa shape index (κ1) is 14.9. The third-order valence-electron chi connectivity index (χ3n) is 2.45. The summed E-state index contributed by atoms with van der Waals surface area (Å²) in [5, 5.41) is 5.00. The molecule has 1 rings (SSSR count). The van der Waals surface area contributed by atoms with Crippen LogP contribution in [0.1, 0.15) is 20.3 Å². The Balaban J connectivity index is 2.70. The van der Waals surface area contributed by atoms with Gasteiger partial charge in [0.05, 0.1) is 0 Å². The second-order valence-corrected chi connectivity index (χ2v) is 4.69. The molecule has 4 N–H and O–H groups in total. The van der Waals surface area contributed by atoms with E-state index in [2.05, 4.69) is 10.6 Å². The van der Waals surface area contributed by atoms with Gasteiger partial charge in [-0.05, 0) is 36.6 Å². The average molecular weight is 267 g/mol. The Morgan fingerprint density at radius 3 is 2.32 bits per heavy atom. The van der Waals surface area contributed by atoms with E-state index in [0.717, 1.165) is 0 Å². The van der Waals surface area contributed by atoms with Gasteiger partial charge in [0.15, 0.2) is 0 Å². The molecule has 1 unspecified atom stereocenters. The van der Waals surface area contributed by atoms with Crippen LogP contribution in [0.3, 0.4) is 0 Å². The van der Waals surface area contributed by atoms with Crippen molar-refractivity contribution < 1.29 is 14.0 Å². The summed E-state index contributed by atoms with van der Waals surface area (Å²) in [7, 11) is 0. The van der Waals surface area contributed by atoms with E-state index < -0.39 is 12.1 Å². The molecule has 0 heterocycles. The van der Waals surface area contributed by atoms with Crippen molar-refractivity contribution >= 4 is 17.6 Å². The fourth-order valence-electron chi connectivity index (χ4n) is 1.64. The normalized spacial score (nSPS) is 12.0. The third-order valence-corrected chi connectivity index (χ3v) is 2.45. The van der Waals surface area contributed by atoms with Crippen LogP contribution in [-0.4, -0.2) is 18.0 Å². The lowest BCUT2D eigenvalue weighted by atomic mass is 10.0. The Labute approximate surface area is 111 Å². The number of nitrogens with two attached hydrogens (primary N) is 1. The second-order valence-electron chi connectivity index (χ2n) is 4.69. The average Bonchev–Trinajstić information content (AvgIpc) is 2.30. The molecule has 1 aromatic rings. The first-order chi connectivity index (χ1) is 8.88. The Bertz CT molecular complexity index is 446. The van der Waals surface area contributed by atoms with Gasteiger partial charge in [0.1, 0.15) is 11.9 Å². The predicted octanol–water partition coefficient (Wildman–Crippen LogP) is 1.85. The van der Waals surface area contributed by atoms with Gasteiger partial charge in [-0.25, -0.2) is 9.18 Å². The summed E-state index contributed by atoms with van der Waals surface area (Å²) >= 11 is 0. The number of amides is 3. The third kappa shape index (κ3) is 5.37. The highest BCUT2D eigenvalue weighted by Gasteiger charge is 2.20. The number of rotatable bonds is 5. The molecule has 1 atom stereocenters. The van der Waals surface area contributed by atoms with Crippen LogP contribution >= 0.6 is 0 Å². The van der Waals surface area contributed by atoms with Crippen LogP contribution in [0.5, 0.6) is 0 Å². The van der Waals surface area contributed by atoms with Gasteiger partial charge in [-0.3, -0.25) is 4.79 Å². The van der Waals surface area contributed by atoms with Gasteiger partial charge in [-0.2, -0.15) is 0 Å². The maximum Gasteiger partial charge on any atom is 0.312 e. The van der Waals surface area contributed by atoms with Crippen molar-refractivity contribution in [3.63, 3.8) is 0 Å². The monoisotopic (exact) mass is 267 g/mol. The van der Waals surface area contributed by atoms with E-state index in [9.17, 15) is 14.0 Å². The highest BCUT2D eigenvalue weighted by Crippen LogP contribution is 2.11. The molecule has 6 heteroatoms. The molecule has 0 fully saturated rings. The molecule has 1 aromatic carbocycles. The molecule has 0 saturated heterocycles. The molecule has 0 aromatic heterocycles. The summed E-state index contributed by atoms with van der Waals surface area (Å²) in [6.07, 6.45) is 0.468. The number of benzene rings is 1. The number of carbonyl (C=O) groups excluding carboxylic acids is 2. The lowest BCUT2D eigenvalue weighted by Gasteiger charge is -2.19. The van der Waals surface area contributed by atoms with Crippen LogP contribution in [-0.2, 0) is 4.79 Å². The van der Waals surface area contributed by atoms with E-state index in [1.165, 1.54) is 24.3 Å². The Kier molecular flexibility index (Phi) is 5.29. The molecule has 0 aliphatic heterocycles. The summed E-state index contributed by atoms with van der Waals surface area (Å²) < 4.78 is 12.7. The standard InChI is InChI=1S/C13H18FN3O2/c1-8(2)7-11(17-13(15)19)12(18)16-10-5-3-9(14)4-6-10/h3-6,8,11H,7H2,1-2H3,(H,16,18)(H3,15,17,19). The van der Waals surface area contributed by atoms with Crippen LogP contribution in [0, 0.1) is 11.7 Å². The van der Waals surface area contributed by atoms with Gasteiger partial charge in [0.2, 0.25) is 5.91 Å². The number of anilines is 1. The molecule has 5 nitrogen and oxygen atoms in total. The lowest BCUT2D eigenvalue weighted by Crippen LogP contribution is -2.46. The summed E-state index contributed by atoms with van der Waals surface area (Å²) in [4.78, 5) is 22.9. The summed E-state index contributed by atoms with van der Waals surface area (Å²) in [5.41, 5.74) is 5.50. The predicted molar refractivity (Wildman–Crippen MR) is 71.0 cm³/mol. The van der Waals surface area contributed by atoms with Gasteiger partial charge in [0.25, 0.3) is 0 Å². The number of hydrogen-bond donors (Lipinski definition) is 3. The summed E-state index contributed by atoms with van der Waals surface area (Å²) in [5.74, 6) is -0.540. The molecular weight excluding hydrogens is 249 g/mol. The zero-order valence-corrected chi connectivity index (χ0v) is 10.9. The molecule has 0 bridgehead atoms.